The van der Waals surface area contributed by atoms with Crippen LogP contribution in [0.25, 0.3) is 0 Å². The Bertz CT molecular complexity index is 492. The summed E-state index contributed by atoms with van der Waals surface area (Å²) in [7, 11) is 0. The molecule has 0 spiro atoms. The van der Waals surface area contributed by atoms with Crippen LogP contribution in [0.2, 0.25) is 0 Å². The van der Waals surface area contributed by atoms with Crippen LogP contribution in [0.3, 0.4) is 0 Å². The predicted molar refractivity (Wildman–Crippen MR) is 72.1 cm³/mol. The van der Waals surface area contributed by atoms with Crippen LogP contribution in [0.15, 0.2) is 12.3 Å². The third-order valence-corrected chi connectivity index (χ3v) is 4.05. The van der Waals surface area contributed by atoms with Gasteiger partial charge < -0.3 is 10.4 Å². The van der Waals surface area contributed by atoms with Gasteiger partial charge in [-0.15, -0.1) is 0 Å². The van der Waals surface area contributed by atoms with Crippen molar-refractivity contribution >= 4 is 11.5 Å². The number of anilines is 1. The second-order valence-corrected chi connectivity index (χ2v) is 5.51. The van der Waals surface area contributed by atoms with Crippen molar-refractivity contribution in [2.24, 2.45) is 5.41 Å². The van der Waals surface area contributed by atoms with Gasteiger partial charge in [-0.3, -0.25) is 10.1 Å². The molecule has 2 N–H and O–H groups in total. The summed E-state index contributed by atoms with van der Waals surface area (Å²) in [5.41, 5.74) is 0.477. The zero-order valence-corrected chi connectivity index (χ0v) is 11.2. The Morgan fingerprint density at radius 3 is 3.00 bits per heavy atom. The second kappa shape index (κ2) is 5.13. The average molecular weight is 265 g/mol. The molecular formula is C13H19N3O3. The van der Waals surface area contributed by atoms with Crippen LogP contribution in [0.1, 0.15) is 31.7 Å². The molecule has 19 heavy (non-hydrogen) atoms. The number of nitrogens with zero attached hydrogens (tertiary/aromatic N) is 2. The first-order chi connectivity index (χ1) is 8.96. The van der Waals surface area contributed by atoms with Crippen LogP contribution < -0.4 is 5.32 Å². The summed E-state index contributed by atoms with van der Waals surface area (Å²) in [6.45, 7) is 3.89. The number of nitro groups is 1. The van der Waals surface area contributed by atoms with Crippen LogP contribution in [0, 0.1) is 22.5 Å². The minimum Gasteiger partial charge on any atom is -0.396 e. The number of pyridine rings is 1. The molecular weight excluding hydrogens is 246 g/mol. The van der Waals surface area contributed by atoms with Crippen molar-refractivity contribution in [3.63, 3.8) is 0 Å². The van der Waals surface area contributed by atoms with Crippen LogP contribution >= 0.6 is 0 Å². The number of aryl methyl sites for hydroxylation is 1. The molecule has 1 aromatic rings. The maximum absolute atomic E-state index is 10.7. The van der Waals surface area contributed by atoms with Gasteiger partial charge in [0.15, 0.2) is 0 Å². The molecule has 0 saturated heterocycles. The lowest BCUT2D eigenvalue weighted by molar-refractivity contribution is -0.385. The summed E-state index contributed by atoms with van der Waals surface area (Å²) in [4.78, 5) is 14.4. The van der Waals surface area contributed by atoms with E-state index >= 15 is 0 Å². The fourth-order valence-corrected chi connectivity index (χ4v) is 2.67. The van der Waals surface area contributed by atoms with Crippen LogP contribution in [0.5, 0.6) is 0 Å². The van der Waals surface area contributed by atoms with Gasteiger partial charge >= 0.3 is 0 Å². The highest BCUT2D eigenvalue weighted by molar-refractivity contribution is 5.47. The number of hydrogen-bond acceptors (Lipinski definition) is 5. The summed E-state index contributed by atoms with van der Waals surface area (Å²) in [6.07, 6.45) is 4.31. The van der Waals surface area contributed by atoms with Crippen molar-refractivity contribution in [2.75, 3.05) is 11.9 Å². The molecule has 1 saturated carbocycles. The van der Waals surface area contributed by atoms with Gasteiger partial charge in [-0.2, -0.15) is 0 Å². The number of aliphatic hydroxyl groups excluding tert-OH is 1. The second-order valence-electron chi connectivity index (χ2n) is 5.51. The Hall–Kier alpha value is -1.69. The van der Waals surface area contributed by atoms with E-state index in [1.54, 1.807) is 13.0 Å². The molecule has 0 amide bonds. The Morgan fingerprint density at radius 1 is 1.68 bits per heavy atom. The first kappa shape index (κ1) is 13.7. The summed E-state index contributed by atoms with van der Waals surface area (Å²) in [6, 6.07) is 1.85. The highest BCUT2D eigenvalue weighted by Gasteiger charge is 2.38. The molecule has 1 aliphatic carbocycles. The number of aromatic nitrogens is 1. The van der Waals surface area contributed by atoms with Gasteiger partial charge in [0.1, 0.15) is 12.0 Å². The maximum atomic E-state index is 10.7. The van der Waals surface area contributed by atoms with E-state index in [1.165, 1.54) is 6.20 Å². The first-order valence-electron chi connectivity index (χ1n) is 6.45. The summed E-state index contributed by atoms with van der Waals surface area (Å²) < 4.78 is 0. The standard InChI is InChI=1S/C13H19N3O3/c1-9-6-12(14-7-10(9)16(18)19)15-11-4-3-5-13(11,2)8-17/h6-7,11,17H,3-5,8H2,1-2H3,(H,14,15). The van der Waals surface area contributed by atoms with Crippen LogP contribution in [0.4, 0.5) is 11.5 Å². The average Bonchev–Trinajstić information content (AvgIpc) is 2.71. The molecule has 2 atom stereocenters. The van der Waals surface area contributed by atoms with Gasteiger partial charge in [0.2, 0.25) is 0 Å². The molecule has 2 rings (SSSR count). The van der Waals surface area contributed by atoms with Crippen molar-refractivity contribution < 1.29 is 10.0 Å². The lowest BCUT2D eigenvalue weighted by Crippen LogP contribution is -2.36. The van der Waals surface area contributed by atoms with Crippen molar-refractivity contribution in [3.05, 3.63) is 27.9 Å². The Labute approximate surface area is 112 Å². The van der Waals surface area contributed by atoms with Gasteiger partial charge in [-0.1, -0.05) is 13.3 Å². The number of nitrogens with one attached hydrogen (secondary N) is 1. The zero-order chi connectivity index (χ0) is 14.0. The SMILES string of the molecule is Cc1cc(NC2CCCC2(C)CO)ncc1[N+](=O)[O-]. The third kappa shape index (κ3) is 2.68. The number of hydrogen-bond donors (Lipinski definition) is 2. The molecule has 104 valence electrons. The molecule has 2 unspecified atom stereocenters. The summed E-state index contributed by atoms with van der Waals surface area (Å²) in [5, 5.41) is 23.5. The topological polar surface area (TPSA) is 88.3 Å². The summed E-state index contributed by atoms with van der Waals surface area (Å²) in [5.74, 6) is 0.634. The molecule has 1 aromatic heterocycles. The molecule has 6 nitrogen and oxygen atoms in total. The molecule has 6 heteroatoms. The van der Waals surface area contributed by atoms with E-state index in [1.807, 2.05) is 0 Å². The Morgan fingerprint density at radius 2 is 2.42 bits per heavy atom. The minimum absolute atomic E-state index is 0.0295. The highest BCUT2D eigenvalue weighted by atomic mass is 16.6. The molecule has 1 fully saturated rings. The molecule has 0 aromatic carbocycles. The predicted octanol–water partition coefficient (Wildman–Crippen LogP) is 2.26. The maximum Gasteiger partial charge on any atom is 0.290 e. The monoisotopic (exact) mass is 265 g/mol. The Kier molecular flexibility index (Phi) is 3.71. The fourth-order valence-electron chi connectivity index (χ4n) is 2.67. The zero-order valence-electron chi connectivity index (χ0n) is 11.2. The Balaban J connectivity index is 2.16. The van der Waals surface area contributed by atoms with Gasteiger partial charge in [-0.05, 0) is 25.8 Å². The van der Waals surface area contributed by atoms with Crippen molar-refractivity contribution in [1.29, 1.82) is 0 Å². The van der Waals surface area contributed by atoms with Crippen LogP contribution in [-0.4, -0.2) is 27.7 Å². The first-order valence-corrected chi connectivity index (χ1v) is 6.45. The van der Waals surface area contributed by atoms with E-state index in [-0.39, 0.29) is 23.8 Å². The van der Waals surface area contributed by atoms with Gasteiger partial charge in [0.25, 0.3) is 5.69 Å². The van der Waals surface area contributed by atoms with Crippen molar-refractivity contribution in [2.45, 2.75) is 39.2 Å². The van der Waals surface area contributed by atoms with Gasteiger partial charge in [-0.25, -0.2) is 4.98 Å². The molecule has 1 aliphatic rings. The van der Waals surface area contributed by atoms with E-state index in [0.29, 0.717) is 11.4 Å². The summed E-state index contributed by atoms with van der Waals surface area (Å²) >= 11 is 0. The van der Waals surface area contributed by atoms with Crippen molar-refractivity contribution in [1.82, 2.24) is 4.98 Å². The van der Waals surface area contributed by atoms with Crippen molar-refractivity contribution in [3.8, 4) is 0 Å². The normalized spacial score (nSPS) is 26.4. The largest absolute Gasteiger partial charge is 0.396 e. The fraction of sp³-hybridized carbons (Fsp3) is 0.615. The van der Waals surface area contributed by atoms with E-state index < -0.39 is 4.92 Å². The van der Waals surface area contributed by atoms with E-state index in [4.69, 9.17) is 0 Å². The van der Waals surface area contributed by atoms with Gasteiger partial charge in [0, 0.05) is 17.0 Å². The number of rotatable bonds is 4. The molecule has 0 radical (unpaired) electrons. The molecule has 1 heterocycles. The number of aliphatic hydroxyl groups is 1. The molecule has 0 bridgehead atoms. The smallest absolute Gasteiger partial charge is 0.290 e. The minimum atomic E-state index is -0.431. The lowest BCUT2D eigenvalue weighted by Gasteiger charge is -2.30. The van der Waals surface area contributed by atoms with E-state index in [2.05, 4.69) is 17.2 Å². The van der Waals surface area contributed by atoms with Crippen LogP contribution in [-0.2, 0) is 0 Å². The quantitative estimate of drug-likeness (QED) is 0.644. The lowest BCUT2D eigenvalue weighted by atomic mass is 9.86. The van der Waals surface area contributed by atoms with E-state index in [9.17, 15) is 15.2 Å². The van der Waals surface area contributed by atoms with E-state index in [0.717, 1.165) is 19.3 Å². The van der Waals surface area contributed by atoms with Gasteiger partial charge in [0.05, 0.1) is 11.5 Å². The third-order valence-electron chi connectivity index (χ3n) is 4.05. The molecule has 0 aliphatic heterocycles. The highest BCUT2D eigenvalue weighted by Crippen LogP contribution is 2.39.